The highest BCUT2D eigenvalue weighted by atomic mass is 16.2. The number of anilines is 1. The zero-order chi connectivity index (χ0) is 16.3. The minimum absolute atomic E-state index is 0.0784. The van der Waals surface area contributed by atoms with E-state index in [2.05, 4.69) is 15.2 Å². The monoisotopic (exact) mass is 305 g/mol. The molecule has 1 aliphatic rings. The fourth-order valence-corrected chi connectivity index (χ4v) is 2.77. The second-order valence-corrected chi connectivity index (χ2v) is 5.65. The number of rotatable bonds is 3. The summed E-state index contributed by atoms with van der Waals surface area (Å²) >= 11 is 0. The molecule has 3 N–H and O–H groups in total. The lowest BCUT2D eigenvalue weighted by molar-refractivity contribution is -0.128. The number of hydrogen-bond acceptors (Lipinski definition) is 5. The van der Waals surface area contributed by atoms with Crippen molar-refractivity contribution in [3.05, 3.63) is 23.9 Å². The molecule has 0 bridgehead atoms. The third-order valence-corrected chi connectivity index (χ3v) is 3.99. The minimum atomic E-state index is -0.347. The van der Waals surface area contributed by atoms with Gasteiger partial charge >= 0.3 is 0 Å². The van der Waals surface area contributed by atoms with E-state index < -0.39 is 0 Å². The molecule has 1 aromatic rings. The van der Waals surface area contributed by atoms with Crippen LogP contribution in [0.25, 0.3) is 0 Å². The maximum atomic E-state index is 12.6. The predicted octanol–water partition coefficient (Wildman–Crippen LogP) is -0.0554. The number of aromatic nitrogens is 1. The third kappa shape index (κ3) is 3.19. The van der Waals surface area contributed by atoms with Crippen molar-refractivity contribution < 1.29 is 9.59 Å². The Kier molecular flexibility index (Phi) is 4.97. The van der Waals surface area contributed by atoms with E-state index in [1.807, 2.05) is 13.8 Å². The van der Waals surface area contributed by atoms with Crippen LogP contribution in [0.15, 0.2) is 18.3 Å². The van der Waals surface area contributed by atoms with E-state index in [1.54, 1.807) is 30.3 Å². The Hall–Kier alpha value is -2.15. The highest BCUT2D eigenvalue weighted by Crippen LogP contribution is 2.18. The summed E-state index contributed by atoms with van der Waals surface area (Å²) in [6.45, 7) is 5.67. The molecule has 22 heavy (non-hydrogen) atoms. The van der Waals surface area contributed by atoms with Gasteiger partial charge in [-0.2, -0.15) is 0 Å². The molecule has 1 atom stereocenters. The molecule has 0 radical (unpaired) electrons. The number of nitrogen functional groups attached to an aromatic ring is 1. The maximum Gasteiger partial charge on any atom is 0.257 e. The number of hydrogen-bond donors (Lipinski definition) is 2. The zero-order valence-electron chi connectivity index (χ0n) is 13.2. The number of likely N-dealkylation sites (N-methyl/N-ethyl adjacent to an activating group) is 1. The number of amides is 2. The van der Waals surface area contributed by atoms with Crippen LogP contribution in [0.5, 0.6) is 0 Å². The number of nitrogens with one attached hydrogen (secondary N) is 1. The topological polar surface area (TPSA) is 91.6 Å². The van der Waals surface area contributed by atoms with Crippen LogP contribution in [0.2, 0.25) is 0 Å². The van der Waals surface area contributed by atoms with Gasteiger partial charge in [0.1, 0.15) is 11.9 Å². The molecule has 7 heteroatoms. The first-order chi connectivity index (χ1) is 10.5. The Morgan fingerprint density at radius 3 is 2.73 bits per heavy atom. The normalized spacial score (nSPS) is 19.3. The van der Waals surface area contributed by atoms with E-state index in [0.717, 1.165) is 0 Å². The van der Waals surface area contributed by atoms with Crippen molar-refractivity contribution in [2.45, 2.75) is 25.9 Å². The SMILES string of the molecule is CNC(=O)[C@@H]1CN(C(=O)c2cccnc2N)CCN1C(C)C. The Labute approximate surface area is 130 Å². The standard InChI is InChI=1S/C15H23N5O2/c1-10(2)20-8-7-19(9-12(20)14(21)17-3)15(22)11-5-4-6-18-13(11)16/h4-6,10,12H,7-9H2,1-3H3,(H2,16,18)(H,17,21)/t12-/m0/s1. The second-order valence-electron chi connectivity index (χ2n) is 5.65. The first-order valence-electron chi connectivity index (χ1n) is 7.42. The molecule has 2 rings (SSSR count). The van der Waals surface area contributed by atoms with Crippen molar-refractivity contribution in [2.24, 2.45) is 0 Å². The van der Waals surface area contributed by atoms with Gasteiger partial charge in [-0.1, -0.05) is 0 Å². The van der Waals surface area contributed by atoms with Crippen LogP contribution >= 0.6 is 0 Å². The average molecular weight is 305 g/mol. The van der Waals surface area contributed by atoms with Gasteiger partial charge in [-0.15, -0.1) is 0 Å². The van der Waals surface area contributed by atoms with E-state index in [9.17, 15) is 9.59 Å². The lowest BCUT2D eigenvalue weighted by atomic mass is 10.1. The summed E-state index contributed by atoms with van der Waals surface area (Å²) in [7, 11) is 1.61. The highest BCUT2D eigenvalue weighted by molar-refractivity contribution is 5.98. The number of piperazine rings is 1. The number of nitrogens with zero attached hydrogens (tertiary/aromatic N) is 3. The average Bonchev–Trinajstić information content (AvgIpc) is 2.53. The van der Waals surface area contributed by atoms with Crippen molar-refractivity contribution in [3.8, 4) is 0 Å². The smallest absolute Gasteiger partial charge is 0.257 e. The van der Waals surface area contributed by atoms with Gasteiger partial charge < -0.3 is 16.0 Å². The summed E-state index contributed by atoms with van der Waals surface area (Å²) in [5.41, 5.74) is 6.16. The molecule has 1 aromatic heterocycles. The third-order valence-electron chi connectivity index (χ3n) is 3.99. The van der Waals surface area contributed by atoms with Crippen molar-refractivity contribution in [2.75, 3.05) is 32.4 Å². The van der Waals surface area contributed by atoms with Gasteiger partial charge in [-0.3, -0.25) is 14.5 Å². The Bertz CT molecular complexity index is 561. The van der Waals surface area contributed by atoms with Crippen LogP contribution in [0.4, 0.5) is 5.82 Å². The van der Waals surface area contributed by atoms with Crippen LogP contribution < -0.4 is 11.1 Å². The van der Waals surface area contributed by atoms with E-state index in [0.29, 0.717) is 25.2 Å². The van der Waals surface area contributed by atoms with Gasteiger partial charge in [-0.25, -0.2) is 4.98 Å². The summed E-state index contributed by atoms with van der Waals surface area (Å²) in [5.74, 6) is -0.0384. The van der Waals surface area contributed by atoms with Crippen molar-refractivity contribution >= 4 is 17.6 Å². The highest BCUT2D eigenvalue weighted by Gasteiger charge is 2.35. The molecule has 7 nitrogen and oxygen atoms in total. The first kappa shape index (κ1) is 16.2. The summed E-state index contributed by atoms with van der Waals surface area (Å²) in [5, 5.41) is 2.67. The van der Waals surface area contributed by atoms with Gasteiger partial charge in [0.05, 0.1) is 5.56 Å². The molecule has 2 amide bonds. The number of carbonyl (C=O) groups excluding carboxylic acids is 2. The fraction of sp³-hybridized carbons (Fsp3) is 0.533. The summed E-state index contributed by atoms with van der Waals surface area (Å²) < 4.78 is 0. The molecule has 0 aliphatic carbocycles. The Morgan fingerprint density at radius 1 is 1.41 bits per heavy atom. The van der Waals surface area contributed by atoms with Crippen LogP contribution in [0.3, 0.4) is 0 Å². The van der Waals surface area contributed by atoms with E-state index in [1.165, 1.54) is 0 Å². The molecule has 1 aliphatic heterocycles. The van der Waals surface area contributed by atoms with E-state index in [-0.39, 0.29) is 29.7 Å². The predicted molar refractivity (Wildman–Crippen MR) is 84.2 cm³/mol. The van der Waals surface area contributed by atoms with Crippen molar-refractivity contribution in [1.29, 1.82) is 0 Å². The minimum Gasteiger partial charge on any atom is -0.383 e. The van der Waals surface area contributed by atoms with Gasteiger partial charge in [0.25, 0.3) is 5.91 Å². The lowest BCUT2D eigenvalue weighted by Gasteiger charge is -2.42. The van der Waals surface area contributed by atoms with Gasteiger partial charge in [0.15, 0.2) is 0 Å². The molecular weight excluding hydrogens is 282 g/mol. The molecule has 1 fully saturated rings. The Balaban J connectivity index is 2.19. The molecule has 0 saturated carbocycles. The maximum absolute atomic E-state index is 12.6. The van der Waals surface area contributed by atoms with Crippen LogP contribution in [-0.4, -0.2) is 65.4 Å². The molecule has 0 unspecified atom stereocenters. The quantitative estimate of drug-likeness (QED) is 0.816. The summed E-state index contributed by atoms with van der Waals surface area (Å²) in [6, 6.07) is 3.24. The zero-order valence-corrected chi connectivity index (χ0v) is 13.2. The van der Waals surface area contributed by atoms with Gasteiger partial charge in [0.2, 0.25) is 5.91 Å². The fourth-order valence-electron chi connectivity index (χ4n) is 2.77. The van der Waals surface area contributed by atoms with Gasteiger partial charge in [-0.05, 0) is 26.0 Å². The molecule has 1 saturated heterocycles. The largest absolute Gasteiger partial charge is 0.383 e. The Morgan fingerprint density at radius 2 is 2.14 bits per heavy atom. The van der Waals surface area contributed by atoms with E-state index in [4.69, 9.17) is 5.73 Å². The molecule has 2 heterocycles. The second kappa shape index (κ2) is 6.74. The molecule has 0 aromatic carbocycles. The van der Waals surface area contributed by atoms with Crippen molar-refractivity contribution in [3.63, 3.8) is 0 Å². The number of pyridine rings is 1. The summed E-state index contributed by atoms with van der Waals surface area (Å²) in [6.07, 6.45) is 1.55. The van der Waals surface area contributed by atoms with Gasteiger partial charge in [0, 0.05) is 38.9 Å². The molecule has 0 spiro atoms. The summed E-state index contributed by atoms with van der Waals surface area (Å²) in [4.78, 5) is 32.5. The number of nitrogens with two attached hydrogens (primary N) is 1. The van der Waals surface area contributed by atoms with Crippen LogP contribution in [0, 0.1) is 0 Å². The van der Waals surface area contributed by atoms with Crippen molar-refractivity contribution in [1.82, 2.24) is 20.1 Å². The van der Waals surface area contributed by atoms with E-state index >= 15 is 0 Å². The van der Waals surface area contributed by atoms with Crippen LogP contribution in [0.1, 0.15) is 24.2 Å². The lowest BCUT2D eigenvalue weighted by Crippen LogP contribution is -2.61. The molecular formula is C15H23N5O2. The van der Waals surface area contributed by atoms with Crippen LogP contribution in [-0.2, 0) is 4.79 Å². The first-order valence-corrected chi connectivity index (χ1v) is 7.42. The number of carbonyl (C=O) groups is 2. The molecule has 120 valence electrons.